The lowest BCUT2D eigenvalue weighted by Gasteiger charge is -2.31. The summed E-state index contributed by atoms with van der Waals surface area (Å²) >= 11 is 0. The molecule has 0 spiro atoms. The summed E-state index contributed by atoms with van der Waals surface area (Å²) in [5.74, 6) is 0.676. The second kappa shape index (κ2) is 12.5. The van der Waals surface area contributed by atoms with Crippen molar-refractivity contribution in [2.24, 2.45) is 0 Å². The molecule has 11 rings (SSSR count). The summed E-state index contributed by atoms with van der Waals surface area (Å²) in [6.45, 7) is 4.75. The van der Waals surface area contributed by atoms with Gasteiger partial charge < -0.3 is 9.32 Å². The monoisotopic (exact) mass is 709 g/mol. The highest BCUT2D eigenvalue weighted by Crippen LogP contribution is 2.52. The van der Waals surface area contributed by atoms with Gasteiger partial charge in [0.15, 0.2) is 0 Å². The third-order valence-electron chi connectivity index (χ3n) is 12.8. The minimum Gasteiger partial charge on any atom is -0.456 e. The van der Waals surface area contributed by atoms with Crippen molar-refractivity contribution in [3.63, 3.8) is 0 Å². The first kappa shape index (κ1) is 32.3. The Labute approximate surface area is 322 Å². The zero-order valence-corrected chi connectivity index (χ0v) is 31.5. The molecular weight excluding hydrogens is 667 g/mol. The molecule has 0 bridgehead atoms. The molecule has 0 N–H and O–H groups in total. The number of para-hydroxylation sites is 1. The van der Waals surface area contributed by atoms with Crippen LogP contribution in [0.5, 0.6) is 0 Å². The predicted molar refractivity (Wildman–Crippen MR) is 232 cm³/mol. The van der Waals surface area contributed by atoms with Crippen molar-refractivity contribution in [1.82, 2.24) is 0 Å². The van der Waals surface area contributed by atoms with Gasteiger partial charge in [0.2, 0.25) is 0 Å². The van der Waals surface area contributed by atoms with Crippen LogP contribution < -0.4 is 4.90 Å². The van der Waals surface area contributed by atoms with Gasteiger partial charge in [-0.2, -0.15) is 0 Å². The van der Waals surface area contributed by atoms with Gasteiger partial charge in [-0.1, -0.05) is 148 Å². The zero-order valence-electron chi connectivity index (χ0n) is 31.5. The molecule has 1 fully saturated rings. The van der Waals surface area contributed by atoms with E-state index in [1.54, 1.807) is 0 Å². The maximum Gasteiger partial charge on any atom is 0.136 e. The van der Waals surface area contributed by atoms with Crippen LogP contribution in [0.2, 0.25) is 0 Å². The molecular formula is C53H43NO. The Balaban J connectivity index is 1.15. The number of hydrogen-bond acceptors (Lipinski definition) is 2. The summed E-state index contributed by atoms with van der Waals surface area (Å²) in [6.07, 6.45) is 6.67. The van der Waals surface area contributed by atoms with E-state index in [4.69, 9.17) is 4.42 Å². The highest BCUT2D eigenvalue weighted by Gasteiger charge is 2.36. The van der Waals surface area contributed by atoms with Crippen LogP contribution in [-0.2, 0) is 5.41 Å². The number of hydrogen-bond donors (Lipinski definition) is 0. The van der Waals surface area contributed by atoms with Crippen molar-refractivity contribution in [3.05, 3.63) is 174 Å². The Kier molecular flexibility index (Phi) is 7.33. The van der Waals surface area contributed by atoms with E-state index in [0.29, 0.717) is 5.92 Å². The summed E-state index contributed by atoms with van der Waals surface area (Å²) in [5.41, 5.74) is 14.4. The summed E-state index contributed by atoms with van der Waals surface area (Å²) in [5, 5.41) is 7.28. The molecule has 2 aliphatic carbocycles. The lowest BCUT2D eigenvalue weighted by molar-refractivity contribution is 0.444. The lowest BCUT2D eigenvalue weighted by atomic mass is 9.82. The van der Waals surface area contributed by atoms with E-state index in [-0.39, 0.29) is 5.41 Å². The maximum atomic E-state index is 6.46. The topological polar surface area (TPSA) is 16.4 Å². The third-order valence-corrected chi connectivity index (χ3v) is 12.8. The molecule has 0 aliphatic heterocycles. The second-order valence-electron chi connectivity index (χ2n) is 16.4. The van der Waals surface area contributed by atoms with Crippen molar-refractivity contribution in [3.8, 4) is 22.3 Å². The molecule has 0 atom stereocenters. The maximum absolute atomic E-state index is 6.46. The molecule has 0 amide bonds. The number of fused-ring (bicyclic) bond motifs is 8. The molecule has 0 unspecified atom stereocenters. The van der Waals surface area contributed by atoms with Crippen LogP contribution in [0.15, 0.2) is 162 Å². The quantitative estimate of drug-likeness (QED) is 0.177. The van der Waals surface area contributed by atoms with Gasteiger partial charge in [-0.25, -0.2) is 0 Å². The molecule has 9 aromatic rings. The number of anilines is 3. The number of benzene rings is 8. The van der Waals surface area contributed by atoms with E-state index < -0.39 is 0 Å². The fourth-order valence-electron chi connectivity index (χ4n) is 9.94. The van der Waals surface area contributed by atoms with Gasteiger partial charge in [0.1, 0.15) is 11.2 Å². The third kappa shape index (κ3) is 5.15. The van der Waals surface area contributed by atoms with Crippen LogP contribution in [0.4, 0.5) is 17.1 Å². The Hall–Kier alpha value is -6.12. The number of rotatable bonds is 5. The summed E-state index contributed by atoms with van der Waals surface area (Å²) in [7, 11) is 0. The highest BCUT2D eigenvalue weighted by molar-refractivity contribution is 6.10. The minimum atomic E-state index is -0.125. The van der Waals surface area contributed by atoms with E-state index in [1.165, 1.54) is 87.2 Å². The van der Waals surface area contributed by atoms with E-state index in [0.717, 1.165) is 44.4 Å². The Morgan fingerprint density at radius 3 is 2.07 bits per heavy atom. The molecule has 2 heteroatoms. The average molecular weight is 710 g/mol. The first-order valence-corrected chi connectivity index (χ1v) is 20.0. The van der Waals surface area contributed by atoms with Crippen LogP contribution in [0.3, 0.4) is 0 Å². The summed E-state index contributed by atoms with van der Waals surface area (Å²) < 4.78 is 6.46. The van der Waals surface area contributed by atoms with Gasteiger partial charge in [0.25, 0.3) is 0 Å². The smallest absolute Gasteiger partial charge is 0.136 e. The molecule has 0 radical (unpaired) electrons. The Bertz CT molecular complexity index is 2960. The van der Waals surface area contributed by atoms with Crippen LogP contribution in [0.25, 0.3) is 65.7 Å². The van der Waals surface area contributed by atoms with E-state index in [9.17, 15) is 0 Å². The van der Waals surface area contributed by atoms with Crippen molar-refractivity contribution in [2.75, 3.05) is 4.90 Å². The van der Waals surface area contributed by atoms with Gasteiger partial charge >= 0.3 is 0 Å². The van der Waals surface area contributed by atoms with E-state index >= 15 is 0 Å². The fourth-order valence-corrected chi connectivity index (χ4v) is 9.94. The minimum absolute atomic E-state index is 0.125. The van der Waals surface area contributed by atoms with Crippen LogP contribution >= 0.6 is 0 Å². The molecule has 0 saturated heterocycles. The predicted octanol–water partition coefficient (Wildman–Crippen LogP) is 15.4. The van der Waals surface area contributed by atoms with Gasteiger partial charge in [0.05, 0.1) is 5.69 Å². The molecule has 8 aromatic carbocycles. The van der Waals surface area contributed by atoms with Gasteiger partial charge in [-0.05, 0) is 111 Å². The SMILES string of the molecule is CC1(C)c2ccccc2-c2ccc(N(c3ccc4cc(C5CCCCC5)ccc4c3)c3c(-c4ccc5c(c4)oc4ccccc45)ccc4ccccc34)cc21. The normalized spacial score (nSPS) is 15.2. The van der Waals surface area contributed by atoms with Gasteiger partial charge in [-0.15, -0.1) is 0 Å². The average Bonchev–Trinajstić information content (AvgIpc) is 3.72. The molecule has 2 aliphatic rings. The highest BCUT2D eigenvalue weighted by atomic mass is 16.3. The molecule has 266 valence electrons. The molecule has 2 nitrogen and oxygen atoms in total. The first-order chi connectivity index (χ1) is 27.0. The van der Waals surface area contributed by atoms with Crippen LogP contribution in [0, 0.1) is 0 Å². The van der Waals surface area contributed by atoms with Gasteiger partial charge in [-0.3, -0.25) is 0 Å². The fraction of sp³-hybridized carbons (Fsp3) is 0.170. The van der Waals surface area contributed by atoms with Crippen molar-refractivity contribution >= 4 is 60.5 Å². The zero-order chi connectivity index (χ0) is 36.7. The molecule has 55 heavy (non-hydrogen) atoms. The van der Waals surface area contributed by atoms with Crippen molar-refractivity contribution in [2.45, 2.75) is 57.3 Å². The Morgan fingerprint density at radius 2 is 1.16 bits per heavy atom. The van der Waals surface area contributed by atoms with Crippen molar-refractivity contribution in [1.29, 1.82) is 0 Å². The van der Waals surface area contributed by atoms with Crippen molar-refractivity contribution < 1.29 is 4.42 Å². The lowest BCUT2D eigenvalue weighted by Crippen LogP contribution is -2.17. The Morgan fingerprint density at radius 1 is 0.491 bits per heavy atom. The molecule has 1 heterocycles. The number of nitrogens with zero attached hydrogens (tertiary/aromatic N) is 1. The second-order valence-corrected chi connectivity index (χ2v) is 16.4. The van der Waals surface area contributed by atoms with Crippen LogP contribution in [-0.4, -0.2) is 0 Å². The first-order valence-electron chi connectivity index (χ1n) is 20.0. The summed E-state index contributed by atoms with van der Waals surface area (Å²) in [4.78, 5) is 2.52. The molecule has 1 aromatic heterocycles. The van der Waals surface area contributed by atoms with E-state index in [2.05, 4.69) is 170 Å². The summed E-state index contributed by atoms with van der Waals surface area (Å²) in [6, 6.07) is 58.9. The van der Waals surface area contributed by atoms with Gasteiger partial charge in [0, 0.05) is 38.5 Å². The standard InChI is InChI=1S/C53H43NO/c1-53(2)48-18-10-8-16-44(48)45-29-26-41(33-49(45)53)54(40-25-22-37-30-36(20-21-38(37)31-40)34-12-4-3-5-13-34)52-42-15-7-6-14-35(42)23-27-43(52)39-24-28-47-46-17-9-11-19-50(46)55-51(47)32-39/h6-11,14-34H,3-5,12-13H2,1-2H3. The molecule has 1 saturated carbocycles. The van der Waals surface area contributed by atoms with E-state index in [1.807, 2.05) is 6.07 Å². The number of furan rings is 1. The van der Waals surface area contributed by atoms with Crippen LogP contribution in [0.1, 0.15) is 68.6 Å². The largest absolute Gasteiger partial charge is 0.456 e.